The Labute approximate surface area is 153 Å². The van der Waals surface area contributed by atoms with E-state index in [-0.39, 0.29) is 11.4 Å². The van der Waals surface area contributed by atoms with E-state index in [1.165, 1.54) is 36.4 Å². The zero-order valence-corrected chi connectivity index (χ0v) is 13.9. The first kappa shape index (κ1) is 17.6. The molecule has 0 unspecified atom stereocenters. The summed E-state index contributed by atoms with van der Waals surface area (Å²) in [4.78, 5) is 20.8. The third-order valence-corrected chi connectivity index (χ3v) is 3.90. The number of benzene rings is 2. The topological polar surface area (TPSA) is 115 Å². The first-order valence-corrected chi connectivity index (χ1v) is 7.78. The van der Waals surface area contributed by atoms with Gasteiger partial charge in [-0.3, -0.25) is 20.2 Å². The number of allylic oxidation sites excluding steroid dienone is 1. The first-order valence-electron chi connectivity index (χ1n) is 7.78. The minimum absolute atomic E-state index is 0.0352. The molecule has 0 aliphatic heterocycles. The molecule has 0 radical (unpaired) electrons. The van der Waals surface area contributed by atoms with E-state index in [0.29, 0.717) is 22.5 Å². The van der Waals surface area contributed by atoms with Crippen LogP contribution in [0.4, 0.5) is 11.4 Å². The number of nitro benzene ring substituents is 2. The van der Waals surface area contributed by atoms with E-state index in [4.69, 9.17) is 0 Å². The summed E-state index contributed by atoms with van der Waals surface area (Å²) in [5, 5.41) is 31.2. The summed E-state index contributed by atoms with van der Waals surface area (Å²) in [5.41, 5.74) is 1.99. The van der Waals surface area contributed by atoms with E-state index in [1.807, 2.05) is 0 Å². The summed E-state index contributed by atoms with van der Waals surface area (Å²) < 4.78 is 1.72. The fourth-order valence-corrected chi connectivity index (χ4v) is 2.59. The van der Waals surface area contributed by atoms with Gasteiger partial charge >= 0.3 is 0 Å². The van der Waals surface area contributed by atoms with E-state index in [0.717, 1.165) is 0 Å². The molecule has 8 heteroatoms. The molecule has 0 bridgehead atoms. The maximum absolute atomic E-state index is 11.0. The second-order valence-corrected chi connectivity index (χ2v) is 5.55. The Morgan fingerprint density at radius 2 is 1.67 bits per heavy atom. The SMILES string of the molecule is N#C/C(=C/c1cccn1-c1cccc([N+](=O)[O-])c1)c1ccc([N+](=O)[O-])cc1. The second-order valence-electron chi connectivity index (χ2n) is 5.55. The summed E-state index contributed by atoms with van der Waals surface area (Å²) in [6, 6.07) is 17.4. The minimum Gasteiger partial charge on any atom is -0.317 e. The predicted molar refractivity (Wildman–Crippen MR) is 99.0 cm³/mol. The molecule has 8 nitrogen and oxygen atoms in total. The normalized spacial score (nSPS) is 11.0. The molecule has 27 heavy (non-hydrogen) atoms. The fraction of sp³-hybridized carbons (Fsp3) is 0. The molecule has 132 valence electrons. The van der Waals surface area contributed by atoms with Gasteiger partial charge in [0.25, 0.3) is 11.4 Å². The van der Waals surface area contributed by atoms with Crippen LogP contribution in [0.3, 0.4) is 0 Å². The van der Waals surface area contributed by atoms with Crippen molar-refractivity contribution in [2.45, 2.75) is 0 Å². The highest BCUT2D eigenvalue weighted by molar-refractivity contribution is 5.89. The van der Waals surface area contributed by atoms with Gasteiger partial charge < -0.3 is 4.57 Å². The molecule has 1 aromatic heterocycles. The van der Waals surface area contributed by atoms with Crippen LogP contribution in [0.5, 0.6) is 0 Å². The van der Waals surface area contributed by atoms with Gasteiger partial charge in [0.15, 0.2) is 0 Å². The van der Waals surface area contributed by atoms with Gasteiger partial charge in [-0.05, 0) is 42.0 Å². The van der Waals surface area contributed by atoms with Gasteiger partial charge in [-0.25, -0.2) is 0 Å². The Kier molecular flexibility index (Phi) is 4.77. The van der Waals surface area contributed by atoms with Crippen LogP contribution in [0, 0.1) is 31.6 Å². The molecular weight excluding hydrogens is 348 g/mol. The lowest BCUT2D eigenvalue weighted by Gasteiger charge is -2.07. The van der Waals surface area contributed by atoms with E-state index < -0.39 is 9.85 Å². The van der Waals surface area contributed by atoms with Crippen LogP contribution in [-0.4, -0.2) is 14.4 Å². The average Bonchev–Trinajstić information content (AvgIpc) is 3.14. The van der Waals surface area contributed by atoms with Crippen LogP contribution >= 0.6 is 0 Å². The molecule has 0 spiro atoms. The highest BCUT2D eigenvalue weighted by Gasteiger charge is 2.11. The third-order valence-electron chi connectivity index (χ3n) is 3.90. The Morgan fingerprint density at radius 3 is 2.30 bits per heavy atom. The van der Waals surface area contributed by atoms with Crippen LogP contribution in [0.15, 0.2) is 66.9 Å². The van der Waals surface area contributed by atoms with Gasteiger partial charge in [-0.2, -0.15) is 5.26 Å². The van der Waals surface area contributed by atoms with E-state index >= 15 is 0 Å². The zero-order chi connectivity index (χ0) is 19.4. The number of nitro groups is 2. The molecule has 0 amide bonds. The molecule has 0 saturated heterocycles. The molecule has 1 heterocycles. The van der Waals surface area contributed by atoms with Crippen molar-refractivity contribution in [3.63, 3.8) is 0 Å². The van der Waals surface area contributed by atoms with Crippen molar-refractivity contribution in [1.82, 2.24) is 4.57 Å². The Bertz CT molecular complexity index is 1090. The maximum atomic E-state index is 11.0. The van der Waals surface area contributed by atoms with E-state index in [1.54, 1.807) is 41.1 Å². The lowest BCUT2D eigenvalue weighted by Crippen LogP contribution is -1.97. The summed E-state index contributed by atoms with van der Waals surface area (Å²) in [6.07, 6.45) is 3.36. The average molecular weight is 360 g/mol. The lowest BCUT2D eigenvalue weighted by atomic mass is 10.1. The van der Waals surface area contributed by atoms with Crippen molar-refractivity contribution in [2.24, 2.45) is 0 Å². The second kappa shape index (κ2) is 7.33. The van der Waals surface area contributed by atoms with Crippen LogP contribution < -0.4 is 0 Å². The molecule has 0 fully saturated rings. The number of rotatable bonds is 5. The molecular formula is C19H12N4O4. The van der Waals surface area contributed by atoms with Crippen molar-refractivity contribution in [2.75, 3.05) is 0 Å². The van der Waals surface area contributed by atoms with Crippen molar-refractivity contribution >= 4 is 23.0 Å². The highest BCUT2D eigenvalue weighted by Crippen LogP contribution is 2.24. The molecule has 2 aromatic carbocycles. The van der Waals surface area contributed by atoms with Crippen molar-refractivity contribution < 1.29 is 9.85 Å². The van der Waals surface area contributed by atoms with Gasteiger partial charge in [0, 0.05) is 36.2 Å². The van der Waals surface area contributed by atoms with Gasteiger partial charge in [-0.15, -0.1) is 0 Å². The molecule has 0 saturated carbocycles. The number of non-ortho nitro benzene ring substituents is 2. The third kappa shape index (κ3) is 3.72. The zero-order valence-electron chi connectivity index (χ0n) is 13.9. The summed E-state index contributed by atoms with van der Waals surface area (Å²) >= 11 is 0. The summed E-state index contributed by atoms with van der Waals surface area (Å²) in [6.45, 7) is 0. The highest BCUT2D eigenvalue weighted by atomic mass is 16.6. The van der Waals surface area contributed by atoms with Crippen LogP contribution in [0.25, 0.3) is 17.3 Å². The van der Waals surface area contributed by atoms with E-state index in [2.05, 4.69) is 6.07 Å². The lowest BCUT2D eigenvalue weighted by molar-refractivity contribution is -0.385. The molecule has 0 N–H and O–H groups in total. The summed E-state index contributed by atoms with van der Waals surface area (Å²) in [7, 11) is 0. The van der Waals surface area contributed by atoms with Gasteiger partial charge in [0.1, 0.15) is 0 Å². The van der Waals surface area contributed by atoms with Crippen molar-refractivity contribution in [3.05, 3.63) is 98.3 Å². The monoisotopic (exact) mass is 360 g/mol. The molecule has 0 aliphatic carbocycles. The first-order chi connectivity index (χ1) is 13.0. The van der Waals surface area contributed by atoms with Gasteiger partial charge in [0.05, 0.1) is 27.2 Å². The smallest absolute Gasteiger partial charge is 0.271 e. The number of nitrogens with zero attached hydrogens (tertiary/aromatic N) is 4. The van der Waals surface area contributed by atoms with Gasteiger partial charge in [-0.1, -0.05) is 6.07 Å². The summed E-state index contributed by atoms with van der Waals surface area (Å²) in [5.74, 6) is 0. The van der Waals surface area contributed by atoms with Gasteiger partial charge in [0.2, 0.25) is 0 Å². The molecule has 3 rings (SSSR count). The minimum atomic E-state index is -0.507. The molecule has 0 atom stereocenters. The van der Waals surface area contributed by atoms with Crippen molar-refractivity contribution in [3.8, 4) is 11.8 Å². The Hall–Kier alpha value is -4.25. The molecule has 0 aliphatic rings. The Morgan fingerprint density at radius 1 is 0.963 bits per heavy atom. The number of nitriles is 1. The fourth-order valence-electron chi connectivity index (χ4n) is 2.59. The quantitative estimate of drug-likeness (QED) is 0.381. The number of aromatic nitrogens is 1. The standard InChI is InChI=1S/C19H12N4O4/c20-13-15(14-6-8-16(9-7-14)22(24)25)11-17-5-2-10-21(17)18-3-1-4-19(12-18)23(26)27/h1-12H/b15-11-. The molecule has 3 aromatic rings. The maximum Gasteiger partial charge on any atom is 0.271 e. The number of hydrogen-bond donors (Lipinski definition) is 0. The van der Waals surface area contributed by atoms with Crippen LogP contribution in [-0.2, 0) is 0 Å². The van der Waals surface area contributed by atoms with Crippen molar-refractivity contribution in [1.29, 1.82) is 5.26 Å². The largest absolute Gasteiger partial charge is 0.317 e. The van der Waals surface area contributed by atoms with Crippen LogP contribution in [0.2, 0.25) is 0 Å². The predicted octanol–water partition coefficient (Wildman–Crippen LogP) is 4.36. The number of hydrogen-bond acceptors (Lipinski definition) is 5. The van der Waals surface area contributed by atoms with E-state index in [9.17, 15) is 25.5 Å². The van der Waals surface area contributed by atoms with Crippen LogP contribution in [0.1, 0.15) is 11.3 Å². The Balaban J connectivity index is 2.01.